The van der Waals surface area contributed by atoms with Crippen LogP contribution >= 0.6 is 0 Å². The Morgan fingerprint density at radius 3 is 2.85 bits per heavy atom. The number of hydrogen-bond donors (Lipinski definition) is 2. The number of amides is 2. The van der Waals surface area contributed by atoms with Crippen LogP contribution in [0.4, 0.5) is 4.39 Å². The molecule has 2 heterocycles. The number of methoxy groups -OCH3 is 1. The molecule has 1 aliphatic heterocycles. The number of nitrogens with one attached hydrogen (secondary N) is 1. The Kier molecular flexibility index (Phi) is 4.92. The van der Waals surface area contributed by atoms with E-state index in [2.05, 4.69) is 10.3 Å². The van der Waals surface area contributed by atoms with Crippen molar-refractivity contribution in [2.45, 2.75) is 25.8 Å². The molecule has 3 rings (SSSR count). The van der Waals surface area contributed by atoms with Crippen molar-refractivity contribution in [2.24, 2.45) is 11.7 Å². The summed E-state index contributed by atoms with van der Waals surface area (Å²) in [6, 6.07) is 2.68. The number of aromatic nitrogens is 1. The second-order valence-electron chi connectivity index (χ2n) is 6.23. The Morgan fingerprint density at radius 1 is 1.42 bits per heavy atom. The lowest BCUT2D eigenvalue weighted by atomic mass is 9.98. The van der Waals surface area contributed by atoms with E-state index in [0.29, 0.717) is 11.8 Å². The number of nitrogens with two attached hydrogens (primary N) is 1. The van der Waals surface area contributed by atoms with Gasteiger partial charge in [-0.3, -0.25) is 9.59 Å². The summed E-state index contributed by atoms with van der Waals surface area (Å²) in [7, 11) is 1.39. The third-order valence-corrected chi connectivity index (χ3v) is 4.67. The van der Waals surface area contributed by atoms with E-state index in [0.717, 1.165) is 12.6 Å². The number of ether oxygens (including phenoxy) is 2. The van der Waals surface area contributed by atoms with E-state index >= 15 is 0 Å². The molecule has 2 amide bonds. The van der Waals surface area contributed by atoms with E-state index in [1.165, 1.54) is 19.2 Å². The molecule has 0 spiro atoms. The topological polar surface area (TPSA) is 104 Å². The number of benzene rings is 1. The van der Waals surface area contributed by atoms with E-state index in [1.807, 2.05) is 6.92 Å². The fourth-order valence-electron chi connectivity index (χ4n) is 3.22. The molecule has 1 aromatic heterocycles. The largest absolute Gasteiger partial charge is 0.496 e. The van der Waals surface area contributed by atoms with Gasteiger partial charge in [0.15, 0.2) is 0 Å². The minimum atomic E-state index is -0.720. The summed E-state index contributed by atoms with van der Waals surface area (Å²) in [5.41, 5.74) is 5.40. The minimum Gasteiger partial charge on any atom is -0.496 e. The molecule has 0 bridgehead atoms. The molecule has 0 radical (unpaired) electrons. The van der Waals surface area contributed by atoms with Crippen molar-refractivity contribution in [3.05, 3.63) is 29.7 Å². The Bertz CT molecular complexity index is 871. The van der Waals surface area contributed by atoms with Crippen LogP contribution in [0.1, 0.15) is 30.1 Å². The van der Waals surface area contributed by atoms with Gasteiger partial charge in [-0.1, -0.05) is 13.3 Å². The molecular weight excluding hydrogens is 341 g/mol. The van der Waals surface area contributed by atoms with Gasteiger partial charge in [0.25, 0.3) is 5.91 Å². The zero-order chi connectivity index (χ0) is 18.8. The summed E-state index contributed by atoms with van der Waals surface area (Å²) in [4.78, 5) is 27.1. The number of halogens is 1. The van der Waals surface area contributed by atoms with Gasteiger partial charge in [-0.2, -0.15) is 0 Å². The molecule has 3 N–H and O–H groups in total. The number of fused-ring (bicyclic) bond motifs is 1. The highest BCUT2D eigenvalue weighted by Gasteiger charge is 2.31. The number of rotatable bonds is 6. The van der Waals surface area contributed by atoms with E-state index in [1.54, 1.807) is 0 Å². The zero-order valence-corrected chi connectivity index (χ0v) is 14.5. The van der Waals surface area contributed by atoms with Crippen LogP contribution in [0.3, 0.4) is 0 Å². The normalized spacial score (nSPS) is 19.4. The molecule has 0 aliphatic carbocycles. The first-order chi connectivity index (χ1) is 12.4. The predicted molar refractivity (Wildman–Crippen MR) is 92.6 cm³/mol. The highest BCUT2D eigenvalue weighted by molar-refractivity contribution is 6.01. The molecule has 1 fully saturated rings. The lowest BCUT2D eigenvalue weighted by Crippen LogP contribution is -2.34. The van der Waals surface area contributed by atoms with Crippen molar-refractivity contribution in [3.63, 3.8) is 0 Å². The van der Waals surface area contributed by atoms with Crippen molar-refractivity contribution in [1.82, 2.24) is 10.3 Å². The first kappa shape index (κ1) is 17.9. The second kappa shape index (κ2) is 7.15. The lowest BCUT2D eigenvalue weighted by Gasteiger charge is -2.18. The van der Waals surface area contributed by atoms with Gasteiger partial charge >= 0.3 is 0 Å². The molecule has 1 aromatic carbocycles. The standard InChI is InChI=1S/C18H20FN3O4/c1-3-9-4-16(23)22-14(9)8-26-18-11-6-15(25-2)12(17(20)24)5-10(11)13(19)7-21-18/h5-7,9,14H,3-4,8H2,1-2H3,(H2,20,24)(H,22,23). The summed E-state index contributed by atoms with van der Waals surface area (Å²) in [6.07, 6.45) is 2.34. The van der Waals surface area contributed by atoms with E-state index < -0.39 is 11.7 Å². The van der Waals surface area contributed by atoms with Gasteiger partial charge in [-0.25, -0.2) is 9.37 Å². The Labute approximate surface area is 149 Å². The van der Waals surface area contributed by atoms with Gasteiger partial charge in [-0.15, -0.1) is 0 Å². The first-order valence-electron chi connectivity index (χ1n) is 8.32. The van der Waals surface area contributed by atoms with Crippen LogP contribution in [0.25, 0.3) is 10.8 Å². The van der Waals surface area contributed by atoms with Gasteiger partial charge in [-0.05, 0) is 18.1 Å². The molecule has 1 aliphatic rings. The summed E-state index contributed by atoms with van der Waals surface area (Å²) in [5, 5.41) is 3.40. The molecule has 2 atom stereocenters. The van der Waals surface area contributed by atoms with Gasteiger partial charge in [0.1, 0.15) is 18.2 Å². The third kappa shape index (κ3) is 3.26. The smallest absolute Gasteiger partial charge is 0.252 e. The monoisotopic (exact) mass is 361 g/mol. The average Bonchev–Trinajstić information content (AvgIpc) is 3.00. The van der Waals surface area contributed by atoms with Crippen LogP contribution in [-0.4, -0.2) is 36.6 Å². The minimum absolute atomic E-state index is 0.00450. The number of hydrogen-bond acceptors (Lipinski definition) is 5. The highest BCUT2D eigenvalue weighted by atomic mass is 19.1. The SMILES string of the molecule is CCC1CC(=O)NC1COc1ncc(F)c2cc(C(N)=O)c(OC)cc12. The zero-order valence-electron chi connectivity index (χ0n) is 14.5. The van der Waals surface area contributed by atoms with Crippen LogP contribution in [0.5, 0.6) is 11.6 Å². The maximum atomic E-state index is 14.2. The van der Waals surface area contributed by atoms with E-state index in [9.17, 15) is 14.0 Å². The summed E-state index contributed by atoms with van der Waals surface area (Å²) in [5.74, 6) is -0.727. The summed E-state index contributed by atoms with van der Waals surface area (Å²) >= 11 is 0. The van der Waals surface area contributed by atoms with Crippen molar-refractivity contribution >= 4 is 22.6 Å². The van der Waals surface area contributed by atoms with Crippen molar-refractivity contribution in [3.8, 4) is 11.6 Å². The van der Waals surface area contributed by atoms with Crippen LogP contribution in [0, 0.1) is 11.7 Å². The molecule has 0 saturated carbocycles. The Balaban J connectivity index is 1.95. The maximum Gasteiger partial charge on any atom is 0.252 e. The van der Waals surface area contributed by atoms with Crippen LogP contribution in [0.2, 0.25) is 0 Å². The Morgan fingerprint density at radius 2 is 2.19 bits per heavy atom. The van der Waals surface area contributed by atoms with Crippen molar-refractivity contribution in [2.75, 3.05) is 13.7 Å². The number of primary amides is 1. The van der Waals surface area contributed by atoms with Gasteiger partial charge in [0.05, 0.1) is 30.3 Å². The molecular formula is C18H20FN3O4. The van der Waals surface area contributed by atoms with Crippen molar-refractivity contribution in [1.29, 1.82) is 0 Å². The first-order valence-corrected chi connectivity index (χ1v) is 8.32. The van der Waals surface area contributed by atoms with E-state index in [4.69, 9.17) is 15.2 Å². The highest BCUT2D eigenvalue weighted by Crippen LogP contribution is 2.32. The number of carbonyl (C=O) groups is 2. The average molecular weight is 361 g/mol. The molecule has 8 heteroatoms. The lowest BCUT2D eigenvalue weighted by molar-refractivity contribution is -0.119. The molecule has 2 unspecified atom stereocenters. The number of carbonyl (C=O) groups excluding carboxylic acids is 2. The maximum absolute atomic E-state index is 14.2. The molecule has 138 valence electrons. The second-order valence-corrected chi connectivity index (χ2v) is 6.23. The summed E-state index contributed by atoms with van der Waals surface area (Å²) < 4.78 is 25.1. The van der Waals surface area contributed by atoms with Gasteiger partial charge in [0.2, 0.25) is 11.8 Å². The Hall–Kier alpha value is -2.90. The van der Waals surface area contributed by atoms with Crippen LogP contribution in [-0.2, 0) is 4.79 Å². The fraction of sp³-hybridized carbons (Fsp3) is 0.389. The molecule has 1 saturated heterocycles. The van der Waals surface area contributed by atoms with Crippen LogP contribution in [0.15, 0.2) is 18.3 Å². The fourth-order valence-corrected chi connectivity index (χ4v) is 3.22. The number of pyridine rings is 1. The quantitative estimate of drug-likeness (QED) is 0.816. The van der Waals surface area contributed by atoms with Crippen LogP contribution < -0.4 is 20.5 Å². The molecule has 2 aromatic rings. The summed E-state index contributed by atoms with van der Waals surface area (Å²) in [6.45, 7) is 2.23. The predicted octanol–water partition coefficient (Wildman–Crippen LogP) is 1.77. The van der Waals surface area contributed by atoms with Gasteiger partial charge in [0, 0.05) is 11.8 Å². The van der Waals surface area contributed by atoms with E-state index in [-0.39, 0.29) is 47.1 Å². The van der Waals surface area contributed by atoms with Crippen molar-refractivity contribution < 1.29 is 23.5 Å². The number of nitrogens with zero attached hydrogens (tertiary/aromatic N) is 1. The molecule has 26 heavy (non-hydrogen) atoms. The third-order valence-electron chi connectivity index (χ3n) is 4.67. The van der Waals surface area contributed by atoms with Gasteiger partial charge < -0.3 is 20.5 Å². The molecule has 7 nitrogen and oxygen atoms in total.